The maximum Gasteiger partial charge on any atom is 0.275 e. The van der Waals surface area contributed by atoms with Crippen molar-refractivity contribution in [3.05, 3.63) is 57.6 Å². The average Bonchev–Trinajstić information content (AvgIpc) is 2.60. The van der Waals surface area contributed by atoms with Crippen molar-refractivity contribution in [3.8, 4) is 11.5 Å². The summed E-state index contributed by atoms with van der Waals surface area (Å²) < 4.78 is 10.3. The number of rotatable bonds is 4. The number of amides is 2. The van der Waals surface area contributed by atoms with Gasteiger partial charge in [-0.25, -0.2) is 0 Å². The molecule has 1 N–H and O–H groups in total. The predicted octanol–water partition coefficient (Wildman–Crippen LogP) is 3.43. The van der Waals surface area contributed by atoms with Crippen LogP contribution in [0.15, 0.2) is 36.4 Å². The fourth-order valence-corrected chi connectivity index (χ4v) is 2.49. The molecule has 0 aromatic heterocycles. The summed E-state index contributed by atoms with van der Waals surface area (Å²) in [6.07, 6.45) is 0. The van der Waals surface area contributed by atoms with E-state index in [9.17, 15) is 9.59 Å². The second kappa shape index (κ2) is 8.09. The number of nitrogens with one attached hydrogen (secondary N) is 1. The number of methoxy groups -OCH3 is 2. The molecule has 0 radical (unpaired) electrons. The minimum atomic E-state index is -0.545. The van der Waals surface area contributed by atoms with Crippen LogP contribution in [0.1, 0.15) is 20.7 Å². The SMILES string of the molecule is COc1ccc(Cl)cc1C(=O)NN(C)C(=O)c1cc(Cl)ccc1OC. The molecule has 25 heavy (non-hydrogen) atoms. The van der Waals surface area contributed by atoms with Crippen LogP contribution >= 0.6 is 23.2 Å². The molecule has 0 aliphatic heterocycles. The van der Waals surface area contributed by atoms with Gasteiger partial charge in [0.25, 0.3) is 11.8 Å². The van der Waals surface area contributed by atoms with E-state index in [1.54, 1.807) is 24.3 Å². The van der Waals surface area contributed by atoms with Gasteiger partial charge in [-0.1, -0.05) is 23.2 Å². The Bertz CT molecular complexity index is 811. The maximum atomic E-state index is 12.6. The van der Waals surface area contributed by atoms with Crippen molar-refractivity contribution in [3.63, 3.8) is 0 Å². The molecule has 0 saturated heterocycles. The van der Waals surface area contributed by atoms with Gasteiger partial charge in [-0.3, -0.25) is 20.0 Å². The molecule has 0 aliphatic carbocycles. The summed E-state index contributed by atoms with van der Waals surface area (Å²) in [6.45, 7) is 0. The van der Waals surface area contributed by atoms with E-state index >= 15 is 0 Å². The van der Waals surface area contributed by atoms with Crippen molar-refractivity contribution in [2.24, 2.45) is 0 Å². The van der Waals surface area contributed by atoms with Gasteiger partial charge in [-0.2, -0.15) is 0 Å². The van der Waals surface area contributed by atoms with E-state index in [0.717, 1.165) is 5.01 Å². The Labute approximate surface area is 155 Å². The lowest BCUT2D eigenvalue weighted by Gasteiger charge is -2.20. The van der Waals surface area contributed by atoms with Gasteiger partial charge in [0.2, 0.25) is 0 Å². The molecule has 0 unspecified atom stereocenters. The lowest BCUT2D eigenvalue weighted by Crippen LogP contribution is -2.43. The molecule has 0 atom stereocenters. The van der Waals surface area contributed by atoms with E-state index in [-0.39, 0.29) is 11.1 Å². The Morgan fingerprint density at radius 2 is 1.40 bits per heavy atom. The third-order valence-corrected chi connectivity index (χ3v) is 3.84. The average molecular weight is 383 g/mol. The Morgan fingerprint density at radius 3 is 1.92 bits per heavy atom. The summed E-state index contributed by atoms with van der Waals surface area (Å²) in [4.78, 5) is 25.0. The highest BCUT2D eigenvalue weighted by molar-refractivity contribution is 6.31. The van der Waals surface area contributed by atoms with Crippen molar-refractivity contribution in [1.82, 2.24) is 10.4 Å². The molecule has 2 aromatic carbocycles. The molecule has 0 bridgehead atoms. The van der Waals surface area contributed by atoms with Gasteiger partial charge < -0.3 is 9.47 Å². The number of halogens is 2. The fourth-order valence-electron chi connectivity index (χ4n) is 2.15. The third kappa shape index (κ3) is 4.35. The van der Waals surface area contributed by atoms with Crippen molar-refractivity contribution in [1.29, 1.82) is 0 Å². The van der Waals surface area contributed by atoms with Gasteiger partial charge in [0.05, 0.1) is 25.3 Å². The van der Waals surface area contributed by atoms with Gasteiger partial charge in [-0.15, -0.1) is 0 Å². The summed E-state index contributed by atoms with van der Waals surface area (Å²) in [5.74, 6) is -0.358. The molecule has 2 aromatic rings. The second-order valence-electron chi connectivity index (χ2n) is 4.99. The highest BCUT2D eigenvalue weighted by atomic mass is 35.5. The zero-order valence-corrected chi connectivity index (χ0v) is 15.3. The number of ether oxygens (including phenoxy) is 2. The van der Waals surface area contributed by atoms with E-state index in [4.69, 9.17) is 32.7 Å². The summed E-state index contributed by atoms with van der Waals surface area (Å²) in [5.41, 5.74) is 2.89. The van der Waals surface area contributed by atoms with Gasteiger partial charge in [0.15, 0.2) is 0 Å². The Balaban J connectivity index is 2.23. The largest absolute Gasteiger partial charge is 0.496 e. The first-order chi connectivity index (χ1) is 11.9. The van der Waals surface area contributed by atoms with Crippen LogP contribution in [0.4, 0.5) is 0 Å². The summed E-state index contributed by atoms with van der Waals surface area (Å²) in [6, 6.07) is 9.26. The Hall–Kier alpha value is -2.44. The highest BCUT2D eigenvalue weighted by Gasteiger charge is 2.21. The lowest BCUT2D eigenvalue weighted by molar-refractivity contribution is 0.0632. The van der Waals surface area contributed by atoms with Crippen LogP contribution in [-0.4, -0.2) is 38.1 Å². The van der Waals surface area contributed by atoms with Gasteiger partial charge in [-0.05, 0) is 36.4 Å². The number of hydrogen-bond acceptors (Lipinski definition) is 4. The van der Waals surface area contributed by atoms with Crippen molar-refractivity contribution < 1.29 is 19.1 Å². The normalized spacial score (nSPS) is 10.1. The second-order valence-corrected chi connectivity index (χ2v) is 5.87. The van der Waals surface area contributed by atoms with Gasteiger partial charge in [0, 0.05) is 17.1 Å². The van der Waals surface area contributed by atoms with Gasteiger partial charge >= 0.3 is 0 Å². The van der Waals surface area contributed by atoms with Crippen molar-refractivity contribution in [2.75, 3.05) is 21.3 Å². The van der Waals surface area contributed by atoms with E-state index < -0.39 is 11.8 Å². The van der Waals surface area contributed by atoms with Crippen LogP contribution in [-0.2, 0) is 0 Å². The molecule has 2 rings (SSSR count). The molecule has 132 valence electrons. The zero-order valence-electron chi connectivity index (χ0n) is 13.8. The van der Waals surface area contributed by atoms with Crippen LogP contribution in [0, 0.1) is 0 Å². The Morgan fingerprint density at radius 1 is 0.920 bits per heavy atom. The smallest absolute Gasteiger partial charge is 0.275 e. The number of hydrogen-bond donors (Lipinski definition) is 1. The first kappa shape index (κ1) is 18.9. The standard InChI is InChI=1S/C17H16Cl2N2O4/c1-21(17(23)13-9-11(19)5-7-15(13)25-3)20-16(22)12-8-10(18)4-6-14(12)24-2/h4-9H,1-3H3,(H,20,22). The third-order valence-electron chi connectivity index (χ3n) is 3.37. The molecule has 0 heterocycles. The Kier molecular flexibility index (Phi) is 6.12. The fraction of sp³-hybridized carbons (Fsp3) is 0.176. The molecule has 0 spiro atoms. The van der Waals surface area contributed by atoms with E-state index in [0.29, 0.717) is 21.5 Å². The number of benzene rings is 2. The maximum absolute atomic E-state index is 12.6. The molecule has 8 heteroatoms. The molecule has 2 amide bonds. The summed E-state index contributed by atoms with van der Waals surface area (Å²) in [5, 5.41) is 1.79. The monoisotopic (exact) mass is 382 g/mol. The van der Waals surface area contributed by atoms with E-state index in [1.807, 2.05) is 0 Å². The summed E-state index contributed by atoms with van der Waals surface area (Å²) in [7, 11) is 4.29. The minimum Gasteiger partial charge on any atom is -0.496 e. The first-order valence-corrected chi connectivity index (χ1v) is 7.89. The summed E-state index contributed by atoms with van der Waals surface area (Å²) >= 11 is 11.9. The first-order valence-electron chi connectivity index (χ1n) is 7.13. The molecule has 0 fully saturated rings. The number of nitrogens with zero attached hydrogens (tertiary/aromatic N) is 1. The van der Waals surface area contributed by atoms with Crippen LogP contribution in [0.2, 0.25) is 10.0 Å². The van der Waals surface area contributed by atoms with Crippen molar-refractivity contribution >= 4 is 35.0 Å². The van der Waals surface area contributed by atoms with Crippen LogP contribution in [0.25, 0.3) is 0 Å². The molecule has 6 nitrogen and oxygen atoms in total. The van der Waals surface area contributed by atoms with Crippen molar-refractivity contribution in [2.45, 2.75) is 0 Å². The van der Waals surface area contributed by atoms with E-state index in [1.165, 1.54) is 33.4 Å². The number of carbonyl (C=O) groups excluding carboxylic acids is 2. The van der Waals surface area contributed by atoms with Crippen LogP contribution in [0.5, 0.6) is 11.5 Å². The minimum absolute atomic E-state index is 0.202. The van der Waals surface area contributed by atoms with E-state index in [2.05, 4.69) is 5.43 Å². The molecule has 0 aliphatic rings. The highest BCUT2D eigenvalue weighted by Crippen LogP contribution is 2.25. The lowest BCUT2D eigenvalue weighted by atomic mass is 10.2. The van der Waals surface area contributed by atoms with Crippen LogP contribution < -0.4 is 14.9 Å². The molecular formula is C17H16Cl2N2O4. The quantitative estimate of drug-likeness (QED) is 0.822. The zero-order chi connectivity index (χ0) is 18.6. The molecule has 0 saturated carbocycles. The number of hydrazine groups is 1. The topological polar surface area (TPSA) is 67.9 Å². The molecular weight excluding hydrogens is 367 g/mol. The predicted molar refractivity (Wildman–Crippen MR) is 95.6 cm³/mol. The van der Waals surface area contributed by atoms with Crippen LogP contribution in [0.3, 0.4) is 0 Å². The number of carbonyl (C=O) groups is 2. The van der Waals surface area contributed by atoms with Gasteiger partial charge in [0.1, 0.15) is 11.5 Å².